The third-order valence-corrected chi connectivity index (χ3v) is 2.88. The molecule has 2 fully saturated rings. The van der Waals surface area contributed by atoms with Gasteiger partial charge in [0.05, 0.1) is 6.54 Å². The standard InChI is InChI=1S/C9H17N3O.C2H6.HI/c13-9-7-11-5-6-12(9)8-1-3-10-4-2-8;1-2;/h8,10-11H,1-7H2;1-2H3;1H. The normalized spacial score (nSPS) is 21.9. The van der Waals surface area contributed by atoms with Crippen LogP contribution in [0.4, 0.5) is 0 Å². The molecule has 4 nitrogen and oxygen atoms in total. The number of carbonyl (C=O) groups is 1. The van der Waals surface area contributed by atoms with Gasteiger partial charge in [0, 0.05) is 19.1 Å². The number of nitrogens with zero attached hydrogens (tertiary/aromatic N) is 1. The molecule has 0 spiro atoms. The summed E-state index contributed by atoms with van der Waals surface area (Å²) in [6, 6.07) is 0.496. The number of rotatable bonds is 1. The molecule has 2 N–H and O–H groups in total. The molecule has 2 heterocycles. The van der Waals surface area contributed by atoms with E-state index in [2.05, 4.69) is 15.5 Å². The molecular weight excluding hydrogens is 317 g/mol. The highest BCUT2D eigenvalue weighted by atomic mass is 127. The van der Waals surface area contributed by atoms with Gasteiger partial charge in [-0.2, -0.15) is 0 Å². The second-order valence-electron chi connectivity index (χ2n) is 3.75. The Morgan fingerprint density at radius 1 is 1.12 bits per heavy atom. The van der Waals surface area contributed by atoms with Gasteiger partial charge in [-0.05, 0) is 25.9 Å². The lowest BCUT2D eigenvalue weighted by atomic mass is 10.0. The second-order valence-corrected chi connectivity index (χ2v) is 3.75. The first kappa shape index (κ1) is 16.1. The van der Waals surface area contributed by atoms with Crippen molar-refractivity contribution in [2.24, 2.45) is 0 Å². The summed E-state index contributed by atoms with van der Waals surface area (Å²) in [5.41, 5.74) is 0. The van der Waals surface area contributed by atoms with Crippen LogP contribution in [0.5, 0.6) is 0 Å². The average molecular weight is 341 g/mol. The van der Waals surface area contributed by atoms with Crippen molar-refractivity contribution >= 4 is 29.9 Å². The predicted octanol–water partition coefficient (Wildman–Crippen LogP) is 0.814. The van der Waals surface area contributed by atoms with Crippen LogP contribution >= 0.6 is 24.0 Å². The van der Waals surface area contributed by atoms with E-state index in [1.54, 1.807) is 0 Å². The van der Waals surface area contributed by atoms with Crippen LogP contribution in [-0.2, 0) is 4.79 Å². The summed E-state index contributed by atoms with van der Waals surface area (Å²) in [7, 11) is 0. The highest BCUT2D eigenvalue weighted by molar-refractivity contribution is 14.0. The molecule has 16 heavy (non-hydrogen) atoms. The fourth-order valence-electron chi connectivity index (χ4n) is 2.13. The van der Waals surface area contributed by atoms with Crippen LogP contribution in [0.15, 0.2) is 0 Å². The Morgan fingerprint density at radius 3 is 2.31 bits per heavy atom. The van der Waals surface area contributed by atoms with Gasteiger partial charge < -0.3 is 15.5 Å². The third kappa shape index (κ3) is 4.55. The molecule has 0 aromatic carbocycles. The topological polar surface area (TPSA) is 44.4 Å². The Hall–Kier alpha value is 0.120. The van der Waals surface area contributed by atoms with E-state index < -0.39 is 0 Å². The molecule has 5 heteroatoms. The van der Waals surface area contributed by atoms with Crippen molar-refractivity contribution in [2.45, 2.75) is 32.7 Å². The van der Waals surface area contributed by atoms with E-state index in [9.17, 15) is 4.79 Å². The van der Waals surface area contributed by atoms with Crippen LogP contribution < -0.4 is 10.6 Å². The van der Waals surface area contributed by atoms with Gasteiger partial charge in [0.2, 0.25) is 5.91 Å². The first-order chi connectivity index (χ1) is 7.38. The summed E-state index contributed by atoms with van der Waals surface area (Å²) in [5, 5.41) is 6.41. The Balaban J connectivity index is 0.000000711. The monoisotopic (exact) mass is 341 g/mol. The van der Waals surface area contributed by atoms with Crippen LogP contribution in [0.3, 0.4) is 0 Å². The zero-order valence-corrected chi connectivity index (χ0v) is 12.6. The van der Waals surface area contributed by atoms with Gasteiger partial charge in [-0.15, -0.1) is 24.0 Å². The van der Waals surface area contributed by atoms with Crippen molar-refractivity contribution in [3.05, 3.63) is 0 Å². The first-order valence-electron chi connectivity index (χ1n) is 6.09. The fraction of sp³-hybridized carbons (Fsp3) is 0.909. The summed E-state index contributed by atoms with van der Waals surface area (Å²) in [5.74, 6) is 0.276. The van der Waals surface area contributed by atoms with Gasteiger partial charge >= 0.3 is 0 Å². The predicted molar refractivity (Wildman–Crippen MR) is 77.2 cm³/mol. The number of piperazine rings is 1. The van der Waals surface area contributed by atoms with E-state index >= 15 is 0 Å². The van der Waals surface area contributed by atoms with E-state index in [0.29, 0.717) is 12.6 Å². The number of amides is 1. The lowest BCUT2D eigenvalue weighted by molar-refractivity contribution is -0.134. The van der Waals surface area contributed by atoms with Gasteiger partial charge in [0.25, 0.3) is 0 Å². The zero-order chi connectivity index (χ0) is 11.1. The molecule has 0 radical (unpaired) electrons. The number of piperidine rings is 1. The molecule has 0 aromatic heterocycles. The SMILES string of the molecule is CC.I.O=C1CNCCN1C1CCNCC1. The highest BCUT2D eigenvalue weighted by Gasteiger charge is 2.26. The molecule has 2 aliphatic heterocycles. The van der Waals surface area contributed by atoms with Crippen molar-refractivity contribution in [1.29, 1.82) is 0 Å². The number of halogens is 1. The van der Waals surface area contributed by atoms with Crippen molar-refractivity contribution < 1.29 is 4.79 Å². The largest absolute Gasteiger partial charge is 0.337 e. The molecule has 0 aromatic rings. The van der Waals surface area contributed by atoms with E-state index in [0.717, 1.165) is 39.0 Å². The summed E-state index contributed by atoms with van der Waals surface area (Å²) < 4.78 is 0. The number of hydrogen-bond acceptors (Lipinski definition) is 3. The molecular formula is C11H24IN3O. The highest BCUT2D eigenvalue weighted by Crippen LogP contribution is 2.12. The minimum Gasteiger partial charge on any atom is -0.337 e. The molecule has 0 unspecified atom stereocenters. The lowest BCUT2D eigenvalue weighted by Crippen LogP contribution is -2.54. The maximum Gasteiger partial charge on any atom is 0.236 e. The molecule has 2 aliphatic rings. The van der Waals surface area contributed by atoms with E-state index in [4.69, 9.17) is 0 Å². The summed E-state index contributed by atoms with van der Waals surface area (Å²) in [4.78, 5) is 13.6. The Kier molecular flexibility index (Phi) is 9.25. The molecule has 96 valence electrons. The smallest absolute Gasteiger partial charge is 0.236 e. The summed E-state index contributed by atoms with van der Waals surface area (Å²) in [6.45, 7) is 8.49. The lowest BCUT2D eigenvalue weighted by Gasteiger charge is -2.37. The Morgan fingerprint density at radius 2 is 1.75 bits per heavy atom. The molecule has 2 saturated heterocycles. The van der Waals surface area contributed by atoms with Crippen molar-refractivity contribution in [2.75, 3.05) is 32.7 Å². The summed E-state index contributed by atoms with van der Waals surface area (Å²) in [6.07, 6.45) is 2.23. The second kappa shape index (κ2) is 9.18. The molecule has 0 atom stereocenters. The van der Waals surface area contributed by atoms with Crippen LogP contribution in [-0.4, -0.2) is 49.6 Å². The summed E-state index contributed by atoms with van der Waals surface area (Å²) >= 11 is 0. The molecule has 1 amide bonds. The van der Waals surface area contributed by atoms with Gasteiger partial charge in [-0.3, -0.25) is 4.79 Å². The van der Waals surface area contributed by atoms with Gasteiger partial charge in [0.15, 0.2) is 0 Å². The molecule has 0 saturated carbocycles. The van der Waals surface area contributed by atoms with Crippen LogP contribution in [0.25, 0.3) is 0 Å². The Bertz CT molecular complexity index is 196. The van der Waals surface area contributed by atoms with Crippen molar-refractivity contribution in [1.82, 2.24) is 15.5 Å². The molecule has 0 aliphatic carbocycles. The zero-order valence-electron chi connectivity index (χ0n) is 10.3. The average Bonchev–Trinajstić information content (AvgIpc) is 2.33. The maximum absolute atomic E-state index is 11.5. The van der Waals surface area contributed by atoms with Crippen LogP contribution in [0, 0.1) is 0 Å². The van der Waals surface area contributed by atoms with E-state index in [1.807, 2.05) is 13.8 Å². The van der Waals surface area contributed by atoms with Crippen LogP contribution in [0.2, 0.25) is 0 Å². The van der Waals surface area contributed by atoms with E-state index in [-0.39, 0.29) is 29.9 Å². The molecule has 2 rings (SSSR count). The fourth-order valence-corrected chi connectivity index (χ4v) is 2.13. The van der Waals surface area contributed by atoms with E-state index in [1.165, 1.54) is 0 Å². The van der Waals surface area contributed by atoms with Gasteiger partial charge in [-0.25, -0.2) is 0 Å². The Labute approximate surface area is 116 Å². The van der Waals surface area contributed by atoms with Crippen LogP contribution in [0.1, 0.15) is 26.7 Å². The quantitative estimate of drug-likeness (QED) is 0.694. The molecule has 0 bridgehead atoms. The van der Waals surface area contributed by atoms with Crippen molar-refractivity contribution in [3.63, 3.8) is 0 Å². The minimum absolute atomic E-state index is 0. The minimum atomic E-state index is 0. The van der Waals surface area contributed by atoms with Gasteiger partial charge in [-0.1, -0.05) is 13.8 Å². The number of hydrogen-bond donors (Lipinski definition) is 2. The third-order valence-electron chi connectivity index (χ3n) is 2.88. The number of nitrogens with one attached hydrogen (secondary N) is 2. The van der Waals surface area contributed by atoms with Crippen molar-refractivity contribution in [3.8, 4) is 0 Å². The van der Waals surface area contributed by atoms with Gasteiger partial charge in [0.1, 0.15) is 0 Å². The first-order valence-corrected chi connectivity index (χ1v) is 6.09. The number of carbonyl (C=O) groups excluding carboxylic acids is 1. The maximum atomic E-state index is 11.5.